The van der Waals surface area contributed by atoms with Crippen LogP contribution in [-0.4, -0.2) is 16.8 Å². The minimum absolute atomic E-state index is 0.344. The van der Waals surface area contributed by atoms with Crippen LogP contribution in [-0.2, 0) is 0 Å². The van der Waals surface area contributed by atoms with E-state index in [1.807, 2.05) is 0 Å². The lowest BCUT2D eigenvalue weighted by molar-refractivity contribution is 0.317. The molecule has 0 aromatic heterocycles. The van der Waals surface area contributed by atoms with Gasteiger partial charge in [-0.05, 0) is 12.8 Å². The van der Waals surface area contributed by atoms with Gasteiger partial charge in [-0.2, -0.15) is 0 Å². The summed E-state index contributed by atoms with van der Waals surface area (Å²) in [4.78, 5) is 0. The molecule has 0 aliphatic rings. The van der Waals surface area contributed by atoms with E-state index in [1.54, 1.807) is 0 Å². The van der Waals surface area contributed by atoms with Crippen molar-refractivity contribution >= 4 is 17.3 Å². The Morgan fingerprint density at radius 1 is 1.67 bits per heavy atom. The van der Waals surface area contributed by atoms with Gasteiger partial charge in [0.05, 0.1) is 11.6 Å². The standard InChI is InChI=1S/C6H12ClNO/c1-2-3-4-6(5-7)8-9/h9H,2-5H2,1H3. The third-order valence-electron chi connectivity index (χ3n) is 1.11. The van der Waals surface area contributed by atoms with E-state index in [0.29, 0.717) is 11.6 Å². The van der Waals surface area contributed by atoms with Gasteiger partial charge in [-0.1, -0.05) is 18.5 Å². The summed E-state index contributed by atoms with van der Waals surface area (Å²) in [5.41, 5.74) is 0.679. The number of alkyl halides is 1. The minimum Gasteiger partial charge on any atom is -0.411 e. The Kier molecular flexibility index (Phi) is 5.73. The van der Waals surface area contributed by atoms with E-state index in [-0.39, 0.29) is 0 Å². The molecule has 0 aliphatic carbocycles. The molecule has 0 saturated heterocycles. The van der Waals surface area contributed by atoms with Crippen LogP contribution in [0.1, 0.15) is 26.2 Å². The molecule has 2 nitrogen and oxygen atoms in total. The fraction of sp³-hybridized carbons (Fsp3) is 0.833. The highest BCUT2D eigenvalue weighted by Crippen LogP contribution is 1.97. The van der Waals surface area contributed by atoms with Gasteiger partial charge in [0, 0.05) is 0 Å². The highest BCUT2D eigenvalue weighted by Gasteiger charge is 1.94. The molecule has 0 unspecified atom stereocenters. The maximum absolute atomic E-state index is 8.26. The van der Waals surface area contributed by atoms with Crippen LogP contribution >= 0.6 is 11.6 Å². The Hall–Kier alpha value is -0.240. The van der Waals surface area contributed by atoms with Crippen molar-refractivity contribution in [3.63, 3.8) is 0 Å². The fourth-order valence-electron chi connectivity index (χ4n) is 0.524. The normalized spacial score (nSPS) is 12.0. The molecule has 0 fully saturated rings. The first kappa shape index (κ1) is 8.76. The van der Waals surface area contributed by atoms with Crippen LogP contribution in [0.3, 0.4) is 0 Å². The summed E-state index contributed by atoms with van der Waals surface area (Å²) >= 11 is 5.41. The van der Waals surface area contributed by atoms with Crippen LogP contribution in [0.15, 0.2) is 5.16 Å². The van der Waals surface area contributed by atoms with E-state index in [0.717, 1.165) is 19.3 Å². The third-order valence-corrected chi connectivity index (χ3v) is 1.42. The summed E-state index contributed by atoms with van der Waals surface area (Å²) in [7, 11) is 0. The monoisotopic (exact) mass is 149 g/mol. The topological polar surface area (TPSA) is 32.6 Å². The zero-order valence-corrected chi connectivity index (χ0v) is 6.36. The van der Waals surface area contributed by atoms with Crippen LogP contribution in [0.25, 0.3) is 0 Å². The highest BCUT2D eigenvalue weighted by molar-refractivity contribution is 6.28. The van der Waals surface area contributed by atoms with Gasteiger partial charge in [0.15, 0.2) is 0 Å². The molecule has 0 bridgehead atoms. The molecule has 0 rings (SSSR count). The van der Waals surface area contributed by atoms with Crippen molar-refractivity contribution in [2.45, 2.75) is 26.2 Å². The second kappa shape index (κ2) is 5.89. The van der Waals surface area contributed by atoms with E-state index in [1.165, 1.54) is 0 Å². The summed E-state index contributed by atoms with van der Waals surface area (Å²) in [6.45, 7) is 2.09. The molecule has 54 valence electrons. The molecule has 0 aromatic rings. The van der Waals surface area contributed by atoms with E-state index < -0.39 is 0 Å². The molecule has 0 radical (unpaired) electrons. The quantitative estimate of drug-likeness (QED) is 0.283. The largest absolute Gasteiger partial charge is 0.411 e. The lowest BCUT2D eigenvalue weighted by Crippen LogP contribution is -1.98. The van der Waals surface area contributed by atoms with Crippen LogP contribution in [0.5, 0.6) is 0 Å². The average molecular weight is 150 g/mol. The average Bonchev–Trinajstić information content (AvgIpc) is 1.91. The Bertz CT molecular complexity index is 93.1. The molecule has 0 amide bonds. The maximum Gasteiger partial charge on any atom is 0.0718 e. The van der Waals surface area contributed by atoms with Gasteiger partial charge in [0.2, 0.25) is 0 Å². The van der Waals surface area contributed by atoms with Gasteiger partial charge in [-0.15, -0.1) is 11.6 Å². The van der Waals surface area contributed by atoms with Gasteiger partial charge in [0.1, 0.15) is 0 Å². The third kappa shape index (κ3) is 4.28. The number of rotatable bonds is 4. The van der Waals surface area contributed by atoms with E-state index >= 15 is 0 Å². The van der Waals surface area contributed by atoms with Crippen molar-refractivity contribution in [3.8, 4) is 0 Å². The van der Waals surface area contributed by atoms with Gasteiger partial charge in [-0.25, -0.2) is 0 Å². The maximum atomic E-state index is 8.26. The van der Waals surface area contributed by atoms with Crippen LogP contribution in [0, 0.1) is 0 Å². The van der Waals surface area contributed by atoms with Crippen molar-refractivity contribution in [1.82, 2.24) is 0 Å². The van der Waals surface area contributed by atoms with Crippen molar-refractivity contribution in [1.29, 1.82) is 0 Å². The first-order valence-electron chi connectivity index (χ1n) is 3.11. The van der Waals surface area contributed by atoms with Crippen LogP contribution in [0.4, 0.5) is 0 Å². The lowest BCUT2D eigenvalue weighted by atomic mass is 10.2. The number of oxime groups is 1. The summed E-state index contributed by atoms with van der Waals surface area (Å²) in [5, 5.41) is 11.3. The molecular weight excluding hydrogens is 138 g/mol. The molecule has 3 heteroatoms. The number of unbranched alkanes of at least 4 members (excludes halogenated alkanes) is 1. The first-order valence-corrected chi connectivity index (χ1v) is 3.64. The first-order chi connectivity index (χ1) is 4.35. The van der Waals surface area contributed by atoms with Crippen molar-refractivity contribution in [2.24, 2.45) is 5.16 Å². The summed E-state index contributed by atoms with van der Waals surface area (Å²) < 4.78 is 0. The molecule has 0 aliphatic heterocycles. The number of halogens is 1. The predicted molar refractivity (Wildman–Crippen MR) is 39.5 cm³/mol. The van der Waals surface area contributed by atoms with Crippen LogP contribution in [0.2, 0.25) is 0 Å². The van der Waals surface area contributed by atoms with E-state index in [9.17, 15) is 0 Å². The van der Waals surface area contributed by atoms with E-state index in [4.69, 9.17) is 16.8 Å². The summed E-state index contributed by atoms with van der Waals surface area (Å²) in [5.74, 6) is 0.344. The zero-order chi connectivity index (χ0) is 7.11. The minimum atomic E-state index is 0.344. The predicted octanol–water partition coefficient (Wildman–Crippen LogP) is 2.25. The second-order valence-electron chi connectivity index (χ2n) is 1.90. The lowest BCUT2D eigenvalue weighted by Gasteiger charge is -1.95. The molecule has 9 heavy (non-hydrogen) atoms. The molecule has 0 saturated carbocycles. The number of hydrogen-bond acceptors (Lipinski definition) is 2. The second-order valence-corrected chi connectivity index (χ2v) is 2.17. The smallest absolute Gasteiger partial charge is 0.0718 e. The van der Waals surface area contributed by atoms with E-state index in [2.05, 4.69) is 12.1 Å². The molecule has 0 heterocycles. The van der Waals surface area contributed by atoms with Crippen molar-refractivity contribution in [3.05, 3.63) is 0 Å². The zero-order valence-electron chi connectivity index (χ0n) is 5.60. The van der Waals surface area contributed by atoms with Crippen molar-refractivity contribution in [2.75, 3.05) is 5.88 Å². The van der Waals surface area contributed by atoms with Gasteiger partial charge in [-0.3, -0.25) is 0 Å². The number of nitrogens with zero attached hydrogens (tertiary/aromatic N) is 1. The summed E-state index contributed by atoms with van der Waals surface area (Å²) in [6, 6.07) is 0. The molecule has 0 spiro atoms. The Morgan fingerprint density at radius 3 is 2.67 bits per heavy atom. The molecular formula is C6H12ClNO. The van der Waals surface area contributed by atoms with Crippen LogP contribution < -0.4 is 0 Å². The molecule has 0 aromatic carbocycles. The number of hydrogen-bond donors (Lipinski definition) is 1. The van der Waals surface area contributed by atoms with Gasteiger partial charge >= 0.3 is 0 Å². The Labute approximate surface area is 60.5 Å². The summed E-state index contributed by atoms with van der Waals surface area (Å²) in [6.07, 6.45) is 2.97. The Morgan fingerprint density at radius 2 is 2.33 bits per heavy atom. The van der Waals surface area contributed by atoms with Gasteiger partial charge < -0.3 is 5.21 Å². The van der Waals surface area contributed by atoms with Crippen molar-refractivity contribution < 1.29 is 5.21 Å². The van der Waals surface area contributed by atoms with Gasteiger partial charge in [0.25, 0.3) is 0 Å². The molecule has 1 N–H and O–H groups in total. The Balaban J connectivity index is 3.33. The SMILES string of the molecule is CCCCC(CCl)=NO. The molecule has 0 atom stereocenters. The highest BCUT2D eigenvalue weighted by atomic mass is 35.5. The fourth-order valence-corrected chi connectivity index (χ4v) is 0.711.